The molecule has 110 valence electrons. The molecule has 1 aromatic rings. The van der Waals surface area contributed by atoms with Crippen LogP contribution >= 0.6 is 15.9 Å². The predicted octanol–water partition coefficient (Wildman–Crippen LogP) is 5.99. The average molecular weight is 334 g/mol. The first-order chi connectivity index (χ1) is 9.03. The van der Waals surface area contributed by atoms with E-state index in [4.69, 9.17) is 4.42 Å². The Morgan fingerprint density at radius 1 is 1.11 bits per heavy atom. The van der Waals surface area contributed by atoms with E-state index in [1.165, 1.54) is 19.3 Å². The monoisotopic (exact) mass is 333 g/mol. The zero-order chi connectivity index (χ0) is 14.3. The molecule has 4 heteroatoms. The van der Waals surface area contributed by atoms with E-state index < -0.39 is 6.14 Å². The summed E-state index contributed by atoms with van der Waals surface area (Å²) in [4.78, 5) is 3.71. The topological polar surface area (TPSA) is 26.0 Å². The van der Waals surface area contributed by atoms with Crippen LogP contribution in [0.4, 0.5) is 4.39 Å². The molecular weight excluding hydrogens is 309 g/mol. The van der Waals surface area contributed by atoms with Crippen molar-refractivity contribution in [2.24, 2.45) is 0 Å². The van der Waals surface area contributed by atoms with Crippen LogP contribution in [0.15, 0.2) is 9.02 Å². The maximum Gasteiger partial charge on any atom is 0.382 e. The van der Waals surface area contributed by atoms with Gasteiger partial charge in [0.2, 0.25) is 0 Å². The van der Waals surface area contributed by atoms with Gasteiger partial charge in [-0.15, -0.1) is 4.39 Å². The molecule has 0 radical (unpaired) electrons. The summed E-state index contributed by atoms with van der Waals surface area (Å²) >= 11 is 3.32. The second-order valence-corrected chi connectivity index (χ2v) is 6.31. The van der Waals surface area contributed by atoms with Gasteiger partial charge >= 0.3 is 6.14 Å². The van der Waals surface area contributed by atoms with E-state index in [2.05, 4.69) is 41.7 Å². The van der Waals surface area contributed by atoms with E-state index in [0.29, 0.717) is 10.4 Å². The first-order valence-corrected chi connectivity index (χ1v) is 8.15. The van der Waals surface area contributed by atoms with Crippen molar-refractivity contribution >= 4 is 15.9 Å². The lowest BCUT2D eigenvalue weighted by Gasteiger charge is -2.27. The van der Waals surface area contributed by atoms with Crippen LogP contribution in [0.5, 0.6) is 0 Å². The fraction of sp³-hybridized carbons (Fsp3) is 0.800. The molecule has 0 amide bonds. The summed E-state index contributed by atoms with van der Waals surface area (Å²) in [5, 5.41) is 0. The van der Waals surface area contributed by atoms with Gasteiger partial charge in [0.25, 0.3) is 0 Å². The molecule has 19 heavy (non-hydrogen) atoms. The number of unbranched alkanes of at least 4 members (excludes halogenated alkanes) is 4. The molecule has 2 nitrogen and oxygen atoms in total. The van der Waals surface area contributed by atoms with Gasteiger partial charge in [-0.25, -0.2) is 0 Å². The van der Waals surface area contributed by atoms with Crippen molar-refractivity contribution < 1.29 is 8.81 Å². The molecule has 1 unspecified atom stereocenters. The van der Waals surface area contributed by atoms with Gasteiger partial charge in [-0.05, 0) is 28.8 Å². The van der Waals surface area contributed by atoms with Crippen LogP contribution in [0.3, 0.4) is 0 Å². The maximum absolute atomic E-state index is 13.2. The number of hydrogen-bond donors (Lipinski definition) is 0. The van der Waals surface area contributed by atoms with Crippen LogP contribution in [0.2, 0.25) is 0 Å². The highest BCUT2D eigenvalue weighted by molar-refractivity contribution is 9.10. The molecule has 1 rings (SSSR count). The molecule has 0 aliphatic carbocycles. The highest BCUT2D eigenvalue weighted by atomic mass is 79.9. The number of oxazole rings is 1. The average Bonchev–Trinajstić information content (AvgIpc) is 2.72. The molecule has 0 N–H and O–H groups in total. The Bertz CT molecular complexity index is 380. The van der Waals surface area contributed by atoms with Gasteiger partial charge in [0.05, 0.1) is 0 Å². The molecule has 1 heterocycles. The third kappa shape index (κ3) is 4.90. The van der Waals surface area contributed by atoms with E-state index >= 15 is 0 Å². The lowest BCUT2D eigenvalue weighted by Crippen LogP contribution is -2.22. The third-order valence-corrected chi connectivity index (χ3v) is 4.31. The Morgan fingerprint density at radius 3 is 2.26 bits per heavy atom. The van der Waals surface area contributed by atoms with Crippen LogP contribution in [0.1, 0.15) is 77.9 Å². The van der Waals surface area contributed by atoms with Gasteiger partial charge in [0, 0.05) is 5.41 Å². The summed E-state index contributed by atoms with van der Waals surface area (Å²) in [5.41, 5.74) is -0.111. The number of halogens is 2. The second kappa shape index (κ2) is 8.03. The normalized spacial score (nSPS) is 14.6. The van der Waals surface area contributed by atoms with Crippen molar-refractivity contribution in [1.82, 2.24) is 4.98 Å². The SMILES string of the molecule is CCCCCCC(C)(CCCC)c1oc(F)nc1Br. The van der Waals surface area contributed by atoms with E-state index in [1.54, 1.807) is 0 Å². The maximum atomic E-state index is 13.2. The smallest absolute Gasteiger partial charge is 0.382 e. The minimum absolute atomic E-state index is 0.111. The van der Waals surface area contributed by atoms with Gasteiger partial charge in [0.15, 0.2) is 4.60 Å². The minimum Gasteiger partial charge on any atom is -0.418 e. The van der Waals surface area contributed by atoms with Gasteiger partial charge in [0.1, 0.15) is 5.76 Å². The summed E-state index contributed by atoms with van der Waals surface area (Å²) < 4.78 is 18.9. The molecule has 0 fully saturated rings. The first kappa shape index (κ1) is 16.7. The molecule has 0 saturated carbocycles. The molecule has 0 bridgehead atoms. The van der Waals surface area contributed by atoms with Crippen LogP contribution in [0, 0.1) is 6.14 Å². The quantitative estimate of drug-likeness (QED) is 0.518. The van der Waals surface area contributed by atoms with Gasteiger partial charge in [-0.3, -0.25) is 0 Å². The van der Waals surface area contributed by atoms with Crippen LogP contribution in [-0.2, 0) is 5.41 Å². The molecular formula is C15H25BrFNO. The largest absolute Gasteiger partial charge is 0.418 e. The Labute approximate surface area is 124 Å². The second-order valence-electron chi connectivity index (χ2n) is 5.56. The molecule has 0 aliphatic heterocycles. The lowest BCUT2D eigenvalue weighted by atomic mass is 9.78. The van der Waals surface area contributed by atoms with Gasteiger partial charge in [-0.1, -0.05) is 59.3 Å². The number of aromatic nitrogens is 1. The Hall–Kier alpha value is -0.380. The van der Waals surface area contributed by atoms with Crippen molar-refractivity contribution in [3.05, 3.63) is 16.5 Å². The van der Waals surface area contributed by atoms with Crippen LogP contribution in [-0.4, -0.2) is 4.98 Å². The van der Waals surface area contributed by atoms with Gasteiger partial charge in [-0.2, -0.15) is 4.98 Å². The highest BCUT2D eigenvalue weighted by Gasteiger charge is 2.32. The summed E-state index contributed by atoms with van der Waals surface area (Å²) in [6.07, 6.45) is 8.44. The van der Waals surface area contributed by atoms with Crippen molar-refractivity contribution in [3.63, 3.8) is 0 Å². The number of hydrogen-bond acceptors (Lipinski definition) is 2. The van der Waals surface area contributed by atoms with E-state index in [-0.39, 0.29) is 5.41 Å². The standard InChI is InChI=1S/C15H25BrFNO/c1-4-6-8-9-11-15(3,10-7-5-2)12-13(16)18-14(17)19-12/h4-11H2,1-3H3. The lowest BCUT2D eigenvalue weighted by molar-refractivity contribution is 0.249. The molecule has 0 aliphatic rings. The van der Waals surface area contributed by atoms with Crippen molar-refractivity contribution in [3.8, 4) is 0 Å². The zero-order valence-electron chi connectivity index (χ0n) is 12.3. The minimum atomic E-state index is -0.738. The molecule has 1 aromatic heterocycles. The first-order valence-electron chi connectivity index (χ1n) is 7.35. The summed E-state index contributed by atoms with van der Waals surface area (Å²) in [6, 6.07) is 0. The van der Waals surface area contributed by atoms with E-state index in [9.17, 15) is 4.39 Å². The fourth-order valence-corrected chi connectivity index (χ4v) is 3.21. The number of rotatable bonds is 9. The Kier molecular flexibility index (Phi) is 7.05. The van der Waals surface area contributed by atoms with Gasteiger partial charge < -0.3 is 4.42 Å². The molecule has 0 spiro atoms. The molecule has 0 saturated heterocycles. The molecule has 1 atom stereocenters. The highest BCUT2D eigenvalue weighted by Crippen LogP contribution is 2.39. The van der Waals surface area contributed by atoms with Crippen LogP contribution < -0.4 is 0 Å². The summed E-state index contributed by atoms with van der Waals surface area (Å²) in [7, 11) is 0. The van der Waals surface area contributed by atoms with Crippen molar-refractivity contribution in [2.75, 3.05) is 0 Å². The third-order valence-electron chi connectivity index (χ3n) is 3.77. The Balaban J connectivity index is 2.76. The number of nitrogens with zero attached hydrogens (tertiary/aromatic N) is 1. The fourth-order valence-electron chi connectivity index (χ4n) is 2.51. The molecule has 0 aromatic carbocycles. The summed E-state index contributed by atoms with van der Waals surface area (Å²) in [6.45, 7) is 6.55. The predicted molar refractivity (Wildman–Crippen MR) is 79.8 cm³/mol. The van der Waals surface area contributed by atoms with Crippen LogP contribution in [0.25, 0.3) is 0 Å². The zero-order valence-corrected chi connectivity index (χ0v) is 13.9. The summed E-state index contributed by atoms with van der Waals surface area (Å²) in [5.74, 6) is 0.676. The van der Waals surface area contributed by atoms with Crippen molar-refractivity contribution in [1.29, 1.82) is 0 Å². The van der Waals surface area contributed by atoms with E-state index in [0.717, 1.165) is 32.1 Å². The van der Waals surface area contributed by atoms with Crippen molar-refractivity contribution in [2.45, 2.75) is 77.6 Å². The van der Waals surface area contributed by atoms with E-state index in [1.807, 2.05) is 0 Å². The Morgan fingerprint density at radius 2 is 1.74 bits per heavy atom.